The van der Waals surface area contributed by atoms with Crippen molar-refractivity contribution in [2.75, 3.05) is 26.3 Å². The zero-order valence-corrected chi connectivity index (χ0v) is 12.3. The smallest absolute Gasteiger partial charge is 0.257 e. The van der Waals surface area contributed by atoms with Crippen molar-refractivity contribution in [3.05, 3.63) is 24.2 Å². The van der Waals surface area contributed by atoms with E-state index in [4.69, 9.17) is 14.3 Å². The SMILES string of the molecule is O=C(c1ccoc1)N1CCC2(CC1)CC(CCO)CCO2. The number of aliphatic hydroxyl groups excluding tert-OH is 1. The summed E-state index contributed by atoms with van der Waals surface area (Å²) in [4.78, 5) is 14.2. The van der Waals surface area contributed by atoms with Crippen LogP contribution in [0.25, 0.3) is 0 Å². The number of piperidine rings is 1. The van der Waals surface area contributed by atoms with E-state index >= 15 is 0 Å². The van der Waals surface area contributed by atoms with Gasteiger partial charge < -0.3 is 19.2 Å². The predicted molar refractivity (Wildman–Crippen MR) is 77.0 cm³/mol. The lowest BCUT2D eigenvalue weighted by Gasteiger charge is -2.46. The molecule has 0 aromatic carbocycles. The highest BCUT2D eigenvalue weighted by atomic mass is 16.5. The highest BCUT2D eigenvalue weighted by Crippen LogP contribution is 2.38. The molecule has 0 bridgehead atoms. The van der Waals surface area contributed by atoms with Crippen molar-refractivity contribution in [2.45, 2.75) is 37.7 Å². The van der Waals surface area contributed by atoms with Gasteiger partial charge in [-0.15, -0.1) is 0 Å². The van der Waals surface area contributed by atoms with E-state index in [-0.39, 0.29) is 18.1 Å². The first kappa shape index (κ1) is 14.6. The average molecular weight is 293 g/mol. The van der Waals surface area contributed by atoms with Crippen LogP contribution in [0.4, 0.5) is 0 Å². The molecular formula is C16H23NO4. The van der Waals surface area contributed by atoms with Crippen LogP contribution in [-0.4, -0.2) is 47.8 Å². The first-order chi connectivity index (χ1) is 10.2. The highest BCUT2D eigenvalue weighted by Gasteiger charge is 2.41. The number of hydrogen-bond acceptors (Lipinski definition) is 4. The summed E-state index contributed by atoms with van der Waals surface area (Å²) in [7, 11) is 0. The Balaban J connectivity index is 1.58. The third kappa shape index (κ3) is 3.14. The zero-order valence-electron chi connectivity index (χ0n) is 12.3. The summed E-state index contributed by atoms with van der Waals surface area (Å²) in [5.41, 5.74) is 0.541. The van der Waals surface area contributed by atoms with Crippen LogP contribution < -0.4 is 0 Å². The van der Waals surface area contributed by atoms with Gasteiger partial charge in [-0.1, -0.05) is 0 Å². The summed E-state index contributed by atoms with van der Waals surface area (Å²) in [5.74, 6) is 0.598. The van der Waals surface area contributed by atoms with Crippen LogP contribution in [0, 0.1) is 5.92 Å². The van der Waals surface area contributed by atoms with Gasteiger partial charge in [-0.2, -0.15) is 0 Å². The van der Waals surface area contributed by atoms with Gasteiger partial charge >= 0.3 is 0 Å². The molecule has 5 nitrogen and oxygen atoms in total. The molecule has 2 fully saturated rings. The molecule has 21 heavy (non-hydrogen) atoms. The Morgan fingerprint density at radius 3 is 2.90 bits per heavy atom. The van der Waals surface area contributed by atoms with Crippen molar-refractivity contribution in [1.82, 2.24) is 4.90 Å². The topological polar surface area (TPSA) is 62.9 Å². The fourth-order valence-electron chi connectivity index (χ4n) is 3.59. The minimum absolute atomic E-state index is 0.0429. The number of furan rings is 1. The Kier molecular flexibility index (Phi) is 4.31. The molecule has 2 aliphatic rings. The minimum atomic E-state index is -0.0781. The summed E-state index contributed by atoms with van der Waals surface area (Å²) < 4.78 is 11.0. The van der Waals surface area contributed by atoms with Gasteiger partial charge in [0.15, 0.2) is 0 Å². The quantitative estimate of drug-likeness (QED) is 0.926. The standard InChI is InChI=1S/C16H23NO4/c18-8-1-13-2-10-21-16(11-13)4-6-17(7-5-16)15(19)14-3-9-20-12-14/h3,9,12-13,18H,1-2,4-8,10-11H2. The minimum Gasteiger partial charge on any atom is -0.472 e. The Morgan fingerprint density at radius 2 is 2.24 bits per heavy atom. The lowest BCUT2D eigenvalue weighted by Crippen LogP contribution is -2.50. The van der Waals surface area contributed by atoms with Crippen LogP contribution in [0.1, 0.15) is 42.5 Å². The van der Waals surface area contributed by atoms with E-state index in [9.17, 15) is 4.79 Å². The van der Waals surface area contributed by atoms with Gasteiger partial charge in [-0.3, -0.25) is 4.79 Å². The van der Waals surface area contributed by atoms with Crippen molar-refractivity contribution >= 4 is 5.91 Å². The van der Waals surface area contributed by atoms with Gasteiger partial charge in [0.25, 0.3) is 5.91 Å². The van der Waals surface area contributed by atoms with Crippen LogP contribution in [0.5, 0.6) is 0 Å². The third-order valence-corrected chi connectivity index (χ3v) is 4.86. The lowest BCUT2D eigenvalue weighted by atomic mass is 9.78. The van der Waals surface area contributed by atoms with E-state index in [2.05, 4.69) is 0 Å². The van der Waals surface area contributed by atoms with Gasteiger partial charge in [0.05, 0.1) is 17.4 Å². The Hall–Kier alpha value is -1.33. The van der Waals surface area contributed by atoms with E-state index in [1.807, 2.05) is 4.90 Å². The second-order valence-corrected chi connectivity index (χ2v) is 6.21. The van der Waals surface area contributed by atoms with Crippen molar-refractivity contribution in [2.24, 2.45) is 5.92 Å². The van der Waals surface area contributed by atoms with E-state index < -0.39 is 0 Å². The Labute approximate surface area is 124 Å². The third-order valence-electron chi connectivity index (χ3n) is 4.86. The molecule has 0 saturated carbocycles. The van der Waals surface area contributed by atoms with Gasteiger partial charge in [0.1, 0.15) is 6.26 Å². The fourth-order valence-corrected chi connectivity index (χ4v) is 3.59. The molecule has 2 saturated heterocycles. The molecule has 3 heterocycles. The van der Waals surface area contributed by atoms with E-state index in [0.717, 1.165) is 51.8 Å². The molecule has 1 aromatic rings. The summed E-state index contributed by atoms with van der Waals surface area (Å²) in [5, 5.41) is 9.12. The number of aliphatic hydroxyl groups is 1. The lowest BCUT2D eigenvalue weighted by molar-refractivity contribution is -0.125. The molecule has 0 aliphatic carbocycles. The maximum atomic E-state index is 12.3. The van der Waals surface area contributed by atoms with Crippen LogP contribution in [0.3, 0.4) is 0 Å². The molecule has 5 heteroatoms. The van der Waals surface area contributed by atoms with Crippen LogP contribution in [-0.2, 0) is 4.74 Å². The van der Waals surface area contributed by atoms with Crippen molar-refractivity contribution in [3.8, 4) is 0 Å². The summed E-state index contributed by atoms with van der Waals surface area (Å²) >= 11 is 0. The molecule has 1 N–H and O–H groups in total. The average Bonchev–Trinajstić information content (AvgIpc) is 3.02. The molecular weight excluding hydrogens is 270 g/mol. The maximum Gasteiger partial charge on any atom is 0.257 e. The van der Waals surface area contributed by atoms with Crippen LogP contribution in [0.2, 0.25) is 0 Å². The molecule has 1 unspecified atom stereocenters. The zero-order chi connectivity index (χ0) is 14.7. The van der Waals surface area contributed by atoms with Crippen molar-refractivity contribution < 1.29 is 19.1 Å². The number of rotatable bonds is 3. The molecule has 0 radical (unpaired) electrons. The Bertz CT molecular complexity index is 461. The van der Waals surface area contributed by atoms with Gasteiger partial charge in [-0.25, -0.2) is 0 Å². The molecule has 1 spiro atoms. The van der Waals surface area contributed by atoms with Crippen LogP contribution in [0.15, 0.2) is 23.0 Å². The summed E-state index contributed by atoms with van der Waals surface area (Å²) in [6, 6.07) is 1.71. The predicted octanol–water partition coefficient (Wildman–Crippen LogP) is 2.06. The number of likely N-dealkylation sites (tertiary alicyclic amines) is 1. The summed E-state index contributed by atoms with van der Waals surface area (Å²) in [6.45, 7) is 2.50. The van der Waals surface area contributed by atoms with Crippen molar-refractivity contribution in [1.29, 1.82) is 0 Å². The van der Waals surface area contributed by atoms with Crippen molar-refractivity contribution in [3.63, 3.8) is 0 Å². The second kappa shape index (κ2) is 6.20. The highest BCUT2D eigenvalue weighted by molar-refractivity contribution is 5.93. The second-order valence-electron chi connectivity index (χ2n) is 6.21. The maximum absolute atomic E-state index is 12.3. The largest absolute Gasteiger partial charge is 0.472 e. The van der Waals surface area contributed by atoms with E-state index in [1.165, 1.54) is 12.5 Å². The number of amides is 1. The number of nitrogens with zero attached hydrogens (tertiary/aromatic N) is 1. The molecule has 3 rings (SSSR count). The molecule has 116 valence electrons. The van der Waals surface area contributed by atoms with E-state index in [1.54, 1.807) is 6.07 Å². The Morgan fingerprint density at radius 1 is 1.43 bits per heavy atom. The van der Waals surface area contributed by atoms with Gasteiger partial charge in [-0.05, 0) is 44.1 Å². The first-order valence-corrected chi connectivity index (χ1v) is 7.79. The molecule has 2 aliphatic heterocycles. The normalized spacial score (nSPS) is 25.2. The first-order valence-electron chi connectivity index (χ1n) is 7.79. The summed E-state index contributed by atoms with van der Waals surface area (Å²) in [6.07, 6.45) is 7.73. The molecule has 1 amide bonds. The van der Waals surface area contributed by atoms with Gasteiger partial charge in [0, 0.05) is 26.3 Å². The number of carbonyl (C=O) groups excluding carboxylic acids is 1. The molecule has 1 atom stereocenters. The van der Waals surface area contributed by atoms with Gasteiger partial charge in [0.2, 0.25) is 0 Å². The number of hydrogen-bond donors (Lipinski definition) is 1. The number of ether oxygens (including phenoxy) is 1. The fraction of sp³-hybridized carbons (Fsp3) is 0.688. The van der Waals surface area contributed by atoms with Crippen LogP contribution >= 0.6 is 0 Å². The van der Waals surface area contributed by atoms with E-state index in [0.29, 0.717) is 11.5 Å². The number of carbonyl (C=O) groups is 1. The monoisotopic (exact) mass is 293 g/mol. The molecule has 1 aromatic heterocycles.